The van der Waals surface area contributed by atoms with Gasteiger partial charge in [-0.05, 0) is 39.0 Å². The van der Waals surface area contributed by atoms with Gasteiger partial charge in [0.2, 0.25) is 10.0 Å². The van der Waals surface area contributed by atoms with Gasteiger partial charge in [0.15, 0.2) is 5.96 Å². The van der Waals surface area contributed by atoms with Crippen molar-refractivity contribution in [2.45, 2.75) is 45.6 Å². The van der Waals surface area contributed by atoms with Crippen molar-refractivity contribution in [1.29, 1.82) is 0 Å². The molecular formula is C15H32N4O4S2. The van der Waals surface area contributed by atoms with Gasteiger partial charge in [0, 0.05) is 25.4 Å². The molecule has 1 aliphatic carbocycles. The van der Waals surface area contributed by atoms with Crippen LogP contribution in [-0.2, 0) is 19.9 Å². The van der Waals surface area contributed by atoms with Gasteiger partial charge >= 0.3 is 0 Å². The first-order chi connectivity index (χ1) is 11.6. The van der Waals surface area contributed by atoms with Crippen molar-refractivity contribution >= 4 is 25.8 Å². The predicted molar refractivity (Wildman–Crippen MR) is 102 cm³/mol. The molecule has 1 atom stereocenters. The summed E-state index contributed by atoms with van der Waals surface area (Å²) in [6.07, 6.45) is 5.05. The van der Waals surface area contributed by atoms with Crippen LogP contribution in [0, 0.1) is 5.92 Å². The SMILES string of the molecule is CCNC(=NCCS(=O)(=O)NCC1CCC1)NC(C)CCS(C)(=O)=O. The maximum Gasteiger partial charge on any atom is 0.213 e. The highest BCUT2D eigenvalue weighted by Crippen LogP contribution is 2.25. The second-order valence-corrected chi connectivity index (χ2v) is 10.9. The molecule has 0 aliphatic heterocycles. The lowest BCUT2D eigenvalue weighted by atomic mass is 9.86. The minimum Gasteiger partial charge on any atom is -0.357 e. The van der Waals surface area contributed by atoms with E-state index in [0.717, 1.165) is 12.8 Å². The number of hydrogen-bond donors (Lipinski definition) is 3. The molecule has 1 saturated carbocycles. The molecule has 1 unspecified atom stereocenters. The Morgan fingerprint density at radius 3 is 2.40 bits per heavy atom. The maximum atomic E-state index is 12.0. The van der Waals surface area contributed by atoms with Crippen LogP contribution in [0.5, 0.6) is 0 Å². The number of sulfone groups is 1. The Morgan fingerprint density at radius 1 is 1.20 bits per heavy atom. The second kappa shape index (κ2) is 10.3. The smallest absolute Gasteiger partial charge is 0.213 e. The number of sulfonamides is 1. The molecule has 0 aromatic rings. The summed E-state index contributed by atoms with van der Waals surface area (Å²) in [5.74, 6) is 1.01. The Hall–Kier alpha value is -0.870. The molecule has 3 N–H and O–H groups in total. The van der Waals surface area contributed by atoms with E-state index in [0.29, 0.717) is 31.4 Å². The van der Waals surface area contributed by atoms with Crippen molar-refractivity contribution in [2.24, 2.45) is 10.9 Å². The van der Waals surface area contributed by atoms with Crippen molar-refractivity contribution < 1.29 is 16.8 Å². The fourth-order valence-corrected chi connectivity index (χ4v) is 4.06. The summed E-state index contributed by atoms with van der Waals surface area (Å²) in [6, 6.07) is -0.0825. The summed E-state index contributed by atoms with van der Waals surface area (Å²) in [5, 5.41) is 6.14. The molecule has 1 fully saturated rings. The maximum absolute atomic E-state index is 12.0. The van der Waals surface area contributed by atoms with Crippen molar-refractivity contribution in [3.05, 3.63) is 0 Å². The van der Waals surface area contributed by atoms with Crippen LogP contribution < -0.4 is 15.4 Å². The molecule has 0 heterocycles. The summed E-state index contributed by atoms with van der Waals surface area (Å²) in [6.45, 7) is 5.09. The highest BCUT2D eigenvalue weighted by molar-refractivity contribution is 7.90. The molecule has 10 heteroatoms. The van der Waals surface area contributed by atoms with Gasteiger partial charge < -0.3 is 10.6 Å². The Labute approximate surface area is 152 Å². The first kappa shape index (κ1) is 22.2. The number of nitrogens with one attached hydrogen (secondary N) is 3. The van der Waals surface area contributed by atoms with E-state index in [9.17, 15) is 16.8 Å². The lowest BCUT2D eigenvalue weighted by molar-refractivity contribution is 0.316. The van der Waals surface area contributed by atoms with E-state index in [1.807, 2.05) is 13.8 Å². The van der Waals surface area contributed by atoms with Gasteiger partial charge in [-0.25, -0.2) is 21.6 Å². The van der Waals surface area contributed by atoms with Gasteiger partial charge in [0.25, 0.3) is 0 Å². The summed E-state index contributed by atoms with van der Waals surface area (Å²) in [5.41, 5.74) is 0. The van der Waals surface area contributed by atoms with Crippen molar-refractivity contribution in [3.63, 3.8) is 0 Å². The Kier molecular flexibility index (Phi) is 9.15. The van der Waals surface area contributed by atoms with Gasteiger partial charge in [-0.2, -0.15) is 0 Å². The van der Waals surface area contributed by atoms with Crippen LogP contribution in [-0.4, -0.2) is 66.2 Å². The quantitative estimate of drug-likeness (QED) is 0.336. The van der Waals surface area contributed by atoms with Gasteiger partial charge in [-0.15, -0.1) is 0 Å². The second-order valence-electron chi connectivity index (χ2n) is 6.69. The third-order valence-electron chi connectivity index (χ3n) is 4.10. The average molecular weight is 397 g/mol. The van der Waals surface area contributed by atoms with E-state index in [1.165, 1.54) is 12.7 Å². The highest BCUT2D eigenvalue weighted by Gasteiger charge is 2.20. The predicted octanol–water partition coefficient (Wildman–Crippen LogP) is 0.0842. The van der Waals surface area contributed by atoms with Crippen LogP contribution in [0.1, 0.15) is 39.5 Å². The van der Waals surface area contributed by atoms with Crippen LogP contribution in [0.25, 0.3) is 0 Å². The summed E-state index contributed by atoms with van der Waals surface area (Å²) in [4.78, 5) is 4.27. The summed E-state index contributed by atoms with van der Waals surface area (Å²) in [7, 11) is -6.32. The number of aliphatic imine (C=N–C) groups is 1. The number of nitrogens with zero attached hydrogens (tertiary/aromatic N) is 1. The third-order valence-corrected chi connectivity index (χ3v) is 6.40. The lowest BCUT2D eigenvalue weighted by Gasteiger charge is -2.25. The van der Waals surface area contributed by atoms with E-state index in [-0.39, 0.29) is 24.1 Å². The fourth-order valence-electron chi connectivity index (χ4n) is 2.31. The van der Waals surface area contributed by atoms with Crippen LogP contribution in [0.4, 0.5) is 0 Å². The van der Waals surface area contributed by atoms with Gasteiger partial charge in [0.1, 0.15) is 9.84 Å². The molecule has 0 amide bonds. The van der Waals surface area contributed by atoms with Gasteiger partial charge in [-0.1, -0.05) is 6.42 Å². The van der Waals surface area contributed by atoms with E-state index in [2.05, 4.69) is 20.3 Å². The molecule has 0 bridgehead atoms. The summed E-state index contributed by atoms with van der Waals surface area (Å²) >= 11 is 0. The Bertz CT molecular complexity index is 628. The van der Waals surface area contributed by atoms with E-state index in [4.69, 9.17) is 0 Å². The number of rotatable bonds is 11. The first-order valence-electron chi connectivity index (χ1n) is 8.81. The molecule has 1 rings (SSSR count). The largest absolute Gasteiger partial charge is 0.357 e. The third kappa shape index (κ3) is 10.7. The molecule has 0 aromatic carbocycles. The zero-order chi connectivity index (χ0) is 18.9. The van der Waals surface area contributed by atoms with Crippen molar-refractivity contribution in [1.82, 2.24) is 15.4 Å². The molecule has 0 aromatic heterocycles. The number of guanidine groups is 1. The minimum atomic E-state index is -3.31. The van der Waals surface area contributed by atoms with Crippen LogP contribution >= 0.6 is 0 Å². The highest BCUT2D eigenvalue weighted by atomic mass is 32.2. The molecule has 148 valence electrons. The normalized spacial score (nSPS) is 17.8. The first-order valence-corrected chi connectivity index (χ1v) is 12.5. The van der Waals surface area contributed by atoms with Crippen LogP contribution in [0.2, 0.25) is 0 Å². The van der Waals surface area contributed by atoms with Gasteiger partial charge in [-0.3, -0.25) is 4.99 Å². The standard InChI is InChI=1S/C15H32N4O4S2/c1-4-16-15(19-13(2)8-10-24(3,20)21)17-9-11-25(22,23)18-12-14-6-5-7-14/h13-14,18H,4-12H2,1-3H3,(H2,16,17,19). The minimum absolute atomic E-state index is 0.0615. The average Bonchev–Trinajstić information content (AvgIpc) is 2.42. The molecule has 1 aliphatic rings. The topological polar surface area (TPSA) is 117 Å². The molecule has 0 saturated heterocycles. The zero-order valence-electron chi connectivity index (χ0n) is 15.4. The summed E-state index contributed by atoms with van der Waals surface area (Å²) < 4.78 is 49.0. The molecular weight excluding hydrogens is 364 g/mol. The molecule has 8 nitrogen and oxygen atoms in total. The zero-order valence-corrected chi connectivity index (χ0v) is 17.0. The Balaban J connectivity index is 2.42. The monoisotopic (exact) mass is 396 g/mol. The molecule has 0 spiro atoms. The number of hydrogen-bond acceptors (Lipinski definition) is 5. The Morgan fingerprint density at radius 2 is 1.88 bits per heavy atom. The van der Waals surface area contributed by atoms with Crippen LogP contribution in [0.15, 0.2) is 4.99 Å². The van der Waals surface area contributed by atoms with Crippen molar-refractivity contribution in [2.75, 3.05) is 37.4 Å². The molecule has 0 radical (unpaired) electrons. The lowest BCUT2D eigenvalue weighted by Crippen LogP contribution is -2.43. The van der Waals surface area contributed by atoms with E-state index in [1.54, 1.807) is 0 Å². The molecule has 25 heavy (non-hydrogen) atoms. The van der Waals surface area contributed by atoms with Crippen molar-refractivity contribution in [3.8, 4) is 0 Å². The van der Waals surface area contributed by atoms with E-state index >= 15 is 0 Å². The van der Waals surface area contributed by atoms with Gasteiger partial charge in [0.05, 0.1) is 18.1 Å². The fraction of sp³-hybridized carbons (Fsp3) is 0.933. The van der Waals surface area contributed by atoms with Crippen LogP contribution in [0.3, 0.4) is 0 Å². The van der Waals surface area contributed by atoms with E-state index < -0.39 is 19.9 Å².